The Morgan fingerprint density at radius 1 is 1.22 bits per heavy atom. The molecule has 0 aromatic rings. The standard InChI is InChI=1S/C20H28O3/c1-11-8-13-14-4-5-17(23)20(14,3)10-16(22)18(13)19(2)7-6-12(21)9-15(11)19/h6-7,9,11,13-14,16-18,22-23H,4-5,8,10H2,1-3H3/t11-,13-,14-,16-,17-,18+,19-,20-/m0/s1. The molecule has 0 spiro atoms. The zero-order valence-electron chi connectivity index (χ0n) is 14.3. The van der Waals surface area contributed by atoms with E-state index < -0.39 is 6.10 Å². The first kappa shape index (κ1) is 15.6. The van der Waals surface area contributed by atoms with E-state index in [0.717, 1.165) is 19.3 Å². The first-order chi connectivity index (χ1) is 10.8. The summed E-state index contributed by atoms with van der Waals surface area (Å²) in [6.07, 6.45) is 8.48. The molecule has 0 amide bonds. The summed E-state index contributed by atoms with van der Waals surface area (Å²) in [4.78, 5) is 11.9. The maximum Gasteiger partial charge on any atom is 0.178 e. The van der Waals surface area contributed by atoms with Crippen LogP contribution in [-0.2, 0) is 4.79 Å². The van der Waals surface area contributed by atoms with Gasteiger partial charge in [0.15, 0.2) is 5.78 Å². The van der Waals surface area contributed by atoms with Crippen LogP contribution in [0.15, 0.2) is 23.8 Å². The topological polar surface area (TPSA) is 57.5 Å². The van der Waals surface area contributed by atoms with Crippen LogP contribution in [-0.4, -0.2) is 28.2 Å². The van der Waals surface area contributed by atoms with E-state index in [1.807, 2.05) is 6.08 Å². The second-order valence-corrected chi connectivity index (χ2v) is 8.92. The second-order valence-electron chi connectivity index (χ2n) is 8.92. The Balaban J connectivity index is 1.79. The summed E-state index contributed by atoms with van der Waals surface area (Å²) in [6, 6.07) is 0. The van der Waals surface area contributed by atoms with Crippen LogP contribution in [0.3, 0.4) is 0 Å². The Morgan fingerprint density at radius 2 is 1.96 bits per heavy atom. The summed E-state index contributed by atoms with van der Waals surface area (Å²) in [7, 11) is 0. The molecular formula is C20H28O3. The van der Waals surface area contributed by atoms with Gasteiger partial charge in [0.1, 0.15) is 0 Å². The van der Waals surface area contributed by atoms with E-state index >= 15 is 0 Å². The Labute approximate surface area is 138 Å². The van der Waals surface area contributed by atoms with Gasteiger partial charge in [0, 0.05) is 11.3 Å². The van der Waals surface area contributed by atoms with Gasteiger partial charge in [-0.05, 0) is 61.0 Å². The predicted molar refractivity (Wildman–Crippen MR) is 88.6 cm³/mol. The first-order valence-corrected chi connectivity index (χ1v) is 9.09. The van der Waals surface area contributed by atoms with Crippen molar-refractivity contribution in [3.63, 3.8) is 0 Å². The number of aliphatic hydroxyl groups is 2. The van der Waals surface area contributed by atoms with E-state index in [4.69, 9.17) is 0 Å². The Bertz CT molecular complexity index is 606. The van der Waals surface area contributed by atoms with Crippen LogP contribution >= 0.6 is 0 Å². The molecule has 126 valence electrons. The average Bonchev–Trinajstić information content (AvgIpc) is 2.76. The van der Waals surface area contributed by atoms with Crippen molar-refractivity contribution >= 4 is 5.78 Å². The van der Waals surface area contributed by atoms with Crippen LogP contribution in [0.2, 0.25) is 0 Å². The Morgan fingerprint density at radius 3 is 2.70 bits per heavy atom. The third kappa shape index (κ3) is 1.93. The minimum Gasteiger partial charge on any atom is -0.393 e. The molecule has 2 N–H and O–H groups in total. The highest BCUT2D eigenvalue weighted by Gasteiger charge is 2.62. The average molecular weight is 316 g/mol. The lowest BCUT2D eigenvalue weighted by Gasteiger charge is -2.59. The minimum atomic E-state index is -0.409. The molecule has 3 nitrogen and oxygen atoms in total. The summed E-state index contributed by atoms with van der Waals surface area (Å²) in [5.41, 5.74) is 0.837. The monoisotopic (exact) mass is 316 g/mol. The van der Waals surface area contributed by atoms with Gasteiger partial charge < -0.3 is 10.2 Å². The zero-order valence-corrected chi connectivity index (χ0v) is 14.3. The van der Waals surface area contributed by atoms with E-state index in [1.54, 1.807) is 6.08 Å². The van der Waals surface area contributed by atoms with Gasteiger partial charge >= 0.3 is 0 Å². The van der Waals surface area contributed by atoms with Crippen LogP contribution in [0.5, 0.6) is 0 Å². The number of hydrogen-bond acceptors (Lipinski definition) is 3. The third-order valence-electron chi connectivity index (χ3n) is 7.76. The van der Waals surface area contributed by atoms with Crippen molar-refractivity contribution in [2.45, 2.75) is 58.7 Å². The fraction of sp³-hybridized carbons (Fsp3) is 0.750. The number of rotatable bonds is 0. The molecular weight excluding hydrogens is 288 g/mol. The lowest BCUT2D eigenvalue weighted by atomic mass is 9.46. The van der Waals surface area contributed by atoms with Crippen molar-refractivity contribution in [1.82, 2.24) is 0 Å². The molecule has 0 heterocycles. The van der Waals surface area contributed by atoms with Crippen molar-refractivity contribution in [3.05, 3.63) is 23.8 Å². The quantitative estimate of drug-likeness (QED) is 0.722. The van der Waals surface area contributed by atoms with Gasteiger partial charge in [0.05, 0.1) is 12.2 Å². The van der Waals surface area contributed by atoms with E-state index in [-0.39, 0.29) is 28.6 Å². The maximum absolute atomic E-state index is 11.9. The molecule has 0 aromatic carbocycles. The van der Waals surface area contributed by atoms with Crippen LogP contribution in [0, 0.1) is 34.5 Å². The third-order valence-corrected chi connectivity index (χ3v) is 7.76. The number of carbonyl (C=O) groups is 1. The number of allylic oxidation sites excluding steroid dienone is 4. The van der Waals surface area contributed by atoms with Crippen molar-refractivity contribution in [3.8, 4) is 0 Å². The van der Waals surface area contributed by atoms with Crippen molar-refractivity contribution < 1.29 is 15.0 Å². The molecule has 0 aliphatic heterocycles. The van der Waals surface area contributed by atoms with Crippen LogP contribution in [0.1, 0.15) is 46.5 Å². The SMILES string of the molecule is C[C@H]1C[C@@H]2[C@H]([C@@H](O)C[C@]3(C)[C@@H](O)CC[C@@H]23)[C@@]2(C)C=CC(=O)C=C12. The molecule has 4 aliphatic rings. The molecule has 4 rings (SSSR count). The van der Waals surface area contributed by atoms with Gasteiger partial charge in [-0.25, -0.2) is 0 Å². The van der Waals surface area contributed by atoms with Gasteiger partial charge in [0.25, 0.3) is 0 Å². The van der Waals surface area contributed by atoms with Gasteiger partial charge in [-0.1, -0.05) is 32.4 Å². The largest absolute Gasteiger partial charge is 0.393 e. The fourth-order valence-electron chi connectivity index (χ4n) is 6.72. The summed E-state index contributed by atoms with van der Waals surface area (Å²) in [5.74, 6) is 1.52. The number of carbonyl (C=O) groups excluding carboxylic acids is 1. The fourth-order valence-corrected chi connectivity index (χ4v) is 6.72. The number of ketones is 1. The zero-order chi connectivity index (χ0) is 16.6. The highest BCUT2D eigenvalue weighted by Crippen LogP contribution is 2.65. The van der Waals surface area contributed by atoms with E-state index in [9.17, 15) is 15.0 Å². The van der Waals surface area contributed by atoms with E-state index in [0.29, 0.717) is 24.2 Å². The smallest absolute Gasteiger partial charge is 0.178 e. The van der Waals surface area contributed by atoms with Gasteiger partial charge in [-0.3, -0.25) is 4.79 Å². The molecule has 4 aliphatic carbocycles. The molecule has 3 saturated carbocycles. The molecule has 23 heavy (non-hydrogen) atoms. The lowest BCUT2D eigenvalue weighted by Crippen LogP contribution is -2.57. The number of fused-ring (bicyclic) bond motifs is 5. The molecule has 3 heteroatoms. The maximum atomic E-state index is 11.9. The highest BCUT2D eigenvalue weighted by molar-refractivity contribution is 6.01. The molecule has 3 fully saturated rings. The van der Waals surface area contributed by atoms with E-state index in [1.165, 1.54) is 5.57 Å². The highest BCUT2D eigenvalue weighted by atomic mass is 16.3. The molecule has 0 radical (unpaired) electrons. The molecule has 0 aromatic heterocycles. The van der Waals surface area contributed by atoms with E-state index in [2.05, 4.69) is 26.8 Å². The van der Waals surface area contributed by atoms with Crippen LogP contribution in [0.25, 0.3) is 0 Å². The van der Waals surface area contributed by atoms with Gasteiger partial charge in [0.2, 0.25) is 0 Å². The lowest BCUT2D eigenvalue weighted by molar-refractivity contribution is -0.134. The van der Waals surface area contributed by atoms with Crippen LogP contribution < -0.4 is 0 Å². The summed E-state index contributed by atoms with van der Waals surface area (Å²) < 4.78 is 0. The number of aliphatic hydroxyl groups excluding tert-OH is 2. The van der Waals surface area contributed by atoms with Crippen molar-refractivity contribution in [2.75, 3.05) is 0 Å². The summed E-state index contributed by atoms with van der Waals surface area (Å²) >= 11 is 0. The van der Waals surface area contributed by atoms with Gasteiger partial charge in [-0.2, -0.15) is 0 Å². The summed E-state index contributed by atoms with van der Waals surface area (Å²) in [5, 5.41) is 21.5. The molecule has 0 unspecified atom stereocenters. The van der Waals surface area contributed by atoms with Crippen LogP contribution in [0.4, 0.5) is 0 Å². The Kier molecular flexibility index (Phi) is 3.25. The Hall–Kier alpha value is -0.930. The molecule has 0 bridgehead atoms. The second kappa shape index (κ2) is 4.80. The molecule has 0 saturated heterocycles. The predicted octanol–water partition coefficient (Wildman–Crippen LogP) is 2.87. The van der Waals surface area contributed by atoms with Crippen molar-refractivity contribution in [2.24, 2.45) is 34.5 Å². The summed E-state index contributed by atoms with van der Waals surface area (Å²) in [6.45, 7) is 6.59. The van der Waals surface area contributed by atoms with Gasteiger partial charge in [-0.15, -0.1) is 0 Å². The molecule has 8 atom stereocenters. The minimum absolute atomic E-state index is 0.0780. The normalized spacial score (nSPS) is 55.0. The number of hydrogen-bond donors (Lipinski definition) is 2. The van der Waals surface area contributed by atoms with Crippen molar-refractivity contribution in [1.29, 1.82) is 0 Å². The first-order valence-electron chi connectivity index (χ1n) is 9.09.